The zero-order valence-corrected chi connectivity index (χ0v) is 64.6. The van der Waals surface area contributed by atoms with Crippen LogP contribution in [0.15, 0.2) is 0 Å². The van der Waals surface area contributed by atoms with Crippen LogP contribution >= 0.6 is 0 Å². The molecule has 106 heavy (non-hydrogen) atoms. The quantitative estimate of drug-likeness (QED) is 0.0310. The number of hydrogen-bond acceptors (Lipinski definition) is 27. The van der Waals surface area contributed by atoms with Gasteiger partial charge in [0.1, 0.15) is 0 Å². The Labute approximate surface area is 629 Å². The molecule has 28 heteroatoms. The van der Waals surface area contributed by atoms with Crippen molar-refractivity contribution in [3.05, 3.63) is 0 Å². The highest BCUT2D eigenvalue weighted by atomic mass is 16.6. The van der Waals surface area contributed by atoms with Gasteiger partial charge in [0.05, 0.1) is 85.9 Å². The summed E-state index contributed by atoms with van der Waals surface area (Å²) in [4.78, 5) is 170. The first-order valence-corrected chi connectivity index (χ1v) is 39.6. The Morgan fingerprint density at radius 2 is 0.302 bits per heavy atom. The molecule has 0 aliphatic rings. The van der Waals surface area contributed by atoms with E-state index in [1.165, 1.54) is 6.42 Å². The van der Waals surface area contributed by atoms with Crippen LogP contribution in [0.1, 0.15) is 316 Å². The first kappa shape index (κ1) is 98.6. The molecule has 0 aromatic heterocycles. The van der Waals surface area contributed by atoms with Crippen LogP contribution < -0.4 is 0 Å². The second-order valence-electron chi connectivity index (χ2n) is 26.1. The number of hydrogen-bond donors (Lipinski definition) is 0. The standard InChI is InChI=1S/C78H131NO27/c1-4-6-7-8-11-38-66(81)95-53-25-13-40-68(83)97-55-27-15-42-70(85)99-57-29-17-44-72(87)101-59-31-19-46-74(89)103-61-33-21-48-76(91)105-63-35-23-50-78(93)106-64-36-22-49-77(92)104-62-34-20-47-75(90)102-60-32-18-45-73(88)100-58-30-16-43-71(86)98-56-28-14-41-69(84)96-54-26-12-39-67(82)94-52-24-9-10-37-65(80)79(3)51-5-2/h4-64H2,1-3H3. The largest absolute Gasteiger partial charge is 0.466 e. The minimum Gasteiger partial charge on any atom is -0.466 e. The molecule has 0 aromatic carbocycles. The monoisotopic (exact) mass is 1510 g/mol. The Hall–Kier alpha value is -7.42. The van der Waals surface area contributed by atoms with Gasteiger partial charge < -0.3 is 66.5 Å². The smallest absolute Gasteiger partial charge is 0.305 e. The van der Waals surface area contributed by atoms with Crippen LogP contribution in [0.2, 0.25) is 0 Å². The van der Waals surface area contributed by atoms with E-state index in [-0.39, 0.29) is 221 Å². The van der Waals surface area contributed by atoms with Crippen LogP contribution in [0.3, 0.4) is 0 Å². The van der Waals surface area contributed by atoms with Crippen LogP contribution in [0.5, 0.6) is 0 Å². The van der Waals surface area contributed by atoms with E-state index in [0.29, 0.717) is 187 Å². The average molecular weight is 1510 g/mol. The van der Waals surface area contributed by atoms with Crippen LogP contribution in [0.25, 0.3) is 0 Å². The second kappa shape index (κ2) is 73.1. The van der Waals surface area contributed by atoms with E-state index >= 15 is 0 Å². The maximum absolute atomic E-state index is 12.1. The van der Waals surface area contributed by atoms with E-state index < -0.39 is 11.9 Å². The number of esters is 13. The highest BCUT2D eigenvalue weighted by Crippen LogP contribution is 2.13. The number of unbranched alkanes of at least 4 members (excludes halogenated alkanes) is 18. The summed E-state index contributed by atoms with van der Waals surface area (Å²) in [5.41, 5.74) is 0. The molecule has 0 aliphatic heterocycles. The van der Waals surface area contributed by atoms with Crippen LogP contribution in [0, 0.1) is 0 Å². The van der Waals surface area contributed by atoms with Gasteiger partial charge in [0, 0.05) is 103 Å². The predicted octanol–water partition coefficient (Wildman–Crippen LogP) is 12.9. The third kappa shape index (κ3) is 70.9. The zero-order valence-electron chi connectivity index (χ0n) is 64.6. The topological polar surface area (TPSA) is 362 Å². The highest BCUT2D eigenvalue weighted by molar-refractivity contribution is 5.76. The van der Waals surface area contributed by atoms with E-state index in [1.54, 1.807) is 11.9 Å². The maximum Gasteiger partial charge on any atom is 0.305 e. The molecule has 610 valence electrons. The third-order valence-corrected chi connectivity index (χ3v) is 16.2. The fraction of sp³-hybridized carbons (Fsp3) is 0.821. The number of nitrogens with zero attached hydrogens (tertiary/aromatic N) is 1. The lowest BCUT2D eigenvalue weighted by atomic mass is 10.1. The van der Waals surface area contributed by atoms with Crippen molar-refractivity contribution >= 4 is 83.5 Å². The molecule has 0 spiro atoms. The summed E-state index contributed by atoms with van der Waals surface area (Å²) >= 11 is 0. The molecular weight excluding hydrogens is 1380 g/mol. The summed E-state index contributed by atoms with van der Waals surface area (Å²) in [6.45, 7) is 7.44. The molecule has 0 fully saturated rings. The fourth-order valence-corrected chi connectivity index (χ4v) is 9.89. The fourth-order valence-electron chi connectivity index (χ4n) is 9.89. The SMILES string of the molecule is CCCCCCCC(=O)OCCCCC(=O)OCCCCC(=O)OCCCCC(=O)OCCCCC(=O)OCCCCC(=O)OCCCCC(=O)OCCCCC(=O)OCCCCC(=O)OCCCCC(=O)OCCCCC(=O)OCCCCC(=O)OCCCCC(=O)OCCCCCC(=O)N(C)CCC. The molecular formula is C78H131NO27. The van der Waals surface area contributed by atoms with Gasteiger partial charge in [-0.05, 0) is 186 Å². The predicted molar refractivity (Wildman–Crippen MR) is 388 cm³/mol. The molecule has 0 heterocycles. The second-order valence-corrected chi connectivity index (χ2v) is 26.1. The van der Waals surface area contributed by atoms with Gasteiger partial charge >= 0.3 is 77.6 Å². The lowest BCUT2D eigenvalue weighted by molar-refractivity contribution is -0.147. The van der Waals surface area contributed by atoms with Gasteiger partial charge in [-0.2, -0.15) is 0 Å². The Kier molecular flexibility index (Phi) is 68.0. The summed E-state index contributed by atoms with van der Waals surface area (Å²) < 4.78 is 67.9. The van der Waals surface area contributed by atoms with Gasteiger partial charge in [0.2, 0.25) is 5.91 Å². The molecule has 0 rings (SSSR count). The molecule has 0 saturated heterocycles. The molecule has 0 radical (unpaired) electrons. The van der Waals surface area contributed by atoms with Crippen LogP contribution in [-0.2, 0) is 129 Å². The Bertz CT molecular complexity index is 2400. The Balaban J connectivity index is 3.60. The third-order valence-electron chi connectivity index (χ3n) is 16.2. The van der Waals surface area contributed by atoms with E-state index in [9.17, 15) is 67.1 Å². The Morgan fingerprint density at radius 3 is 0.462 bits per heavy atom. The Morgan fingerprint density at radius 1 is 0.170 bits per heavy atom. The number of amides is 1. The number of carbonyl (C=O) groups excluding carboxylic acids is 14. The average Bonchev–Trinajstić information content (AvgIpc) is 1.36. The molecule has 0 N–H and O–H groups in total. The zero-order chi connectivity index (χ0) is 78.0. The van der Waals surface area contributed by atoms with Gasteiger partial charge in [-0.15, -0.1) is 0 Å². The molecule has 0 bridgehead atoms. The summed E-state index contributed by atoms with van der Waals surface area (Å²) in [7, 11) is 1.81. The normalized spacial score (nSPS) is 10.8. The van der Waals surface area contributed by atoms with Crippen molar-refractivity contribution in [2.45, 2.75) is 316 Å². The van der Waals surface area contributed by atoms with Crippen molar-refractivity contribution < 1.29 is 129 Å². The van der Waals surface area contributed by atoms with Crippen molar-refractivity contribution in [1.82, 2.24) is 4.90 Å². The van der Waals surface area contributed by atoms with E-state index in [1.807, 2.05) is 6.92 Å². The van der Waals surface area contributed by atoms with Crippen molar-refractivity contribution in [2.24, 2.45) is 0 Å². The van der Waals surface area contributed by atoms with Crippen molar-refractivity contribution in [1.29, 1.82) is 0 Å². The van der Waals surface area contributed by atoms with Gasteiger partial charge in [-0.3, -0.25) is 67.1 Å². The first-order chi connectivity index (χ1) is 51.3. The first-order valence-electron chi connectivity index (χ1n) is 39.6. The van der Waals surface area contributed by atoms with E-state index in [0.717, 1.165) is 51.5 Å². The van der Waals surface area contributed by atoms with Crippen LogP contribution in [-0.4, -0.2) is 188 Å². The van der Waals surface area contributed by atoms with Crippen LogP contribution in [0.4, 0.5) is 0 Å². The highest BCUT2D eigenvalue weighted by Gasteiger charge is 2.15. The summed E-state index contributed by atoms with van der Waals surface area (Å²) in [6, 6.07) is 0. The minimum absolute atomic E-state index is 0.132. The molecule has 0 unspecified atom stereocenters. The minimum atomic E-state index is -0.390. The molecule has 0 atom stereocenters. The number of ether oxygens (including phenoxy) is 13. The maximum atomic E-state index is 12.1. The van der Waals surface area contributed by atoms with Gasteiger partial charge in [0.15, 0.2) is 0 Å². The lowest BCUT2D eigenvalue weighted by Crippen LogP contribution is -2.26. The van der Waals surface area contributed by atoms with Crippen molar-refractivity contribution in [2.75, 3.05) is 99.5 Å². The molecule has 28 nitrogen and oxygen atoms in total. The molecule has 1 amide bonds. The van der Waals surface area contributed by atoms with Crippen molar-refractivity contribution in [3.8, 4) is 0 Å². The summed E-state index contributed by atoms with van der Waals surface area (Å²) in [5.74, 6) is -4.46. The van der Waals surface area contributed by atoms with E-state index in [4.69, 9.17) is 61.6 Å². The number of carbonyl (C=O) groups is 14. The van der Waals surface area contributed by atoms with Gasteiger partial charge in [-0.1, -0.05) is 39.5 Å². The lowest BCUT2D eigenvalue weighted by Gasteiger charge is -2.15. The van der Waals surface area contributed by atoms with Gasteiger partial charge in [0.25, 0.3) is 0 Å². The van der Waals surface area contributed by atoms with E-state index in [2.05, 4.69) is 6.92 Å². The molecule has 0 aromatic rings. The van der Waals surface area contributed by atoms with Crippen molar-refractivity contribution in [3.63, 3.8) is 0 Å². The summed E-state index contributed by atoms with van der Waals surface area (Å²) in [6.07, 6.45) is 23.6. The number of rotatable bonds is 74. The van der Waals surface area contributed by atoms with Gasteiger partial charge in [-0.25, -0.2) is 0 Å². The summed E-state index contributed by atoms with van der Waals surface area (Å²) in [5, 5.41) is 0. The molecule has 0 saturated carbocycles. The molecule has 0 aliphatic carbocycles.